The molecule has 1 heterocycles. The molecule has 0 unspecified atom stereocenters. The van der Waals surface area contributed by atoms with Gasteiger partial charge < -0.3 is 14.8 Å². The normalized spacial score (nSPS) is 14.0. The van der Waals surface area contributed by atoms with E-state index in [0.29, 0.717) is 0 Å². The quantitative estimate of drug-likeness (QED) is 0.688. The number of ether oxygens (including phenoxy) is 2. The Hall–Kier alpha value is -1.22. The third kappa shape index (κ3) is 5.96. The molecule has 0 amide bonds. The highest BCUT2D eigenvalue weighted by atomic mass is 16.5. The summed E-state index contributed by atoms with van der Waals surface area (Å²) in [6.45, 7) is 5.77. The van der Waals surface area contributed by atoms with Crippen molar-refractivity contribution in [2.45, 2.75) is 58.4 Å². The van der Waals surface area contributed by atoms with Gasteiger partial charge in [0.1, 0.15) is 0 Å². The molecule has 3 nitrogen and oxygen atoms in total. The fourth-order valence-corrected chi connectivity index (χ4v) is 2.58. The molecule has 118 valence electrons. The van der Waals surface area contributed by atoms with Crippen molar-refractivity contribution in [2.24, 2.45) is 0 Å². The molecule has 1 aromatic carbocycles. The molecule has 21 heavy (non-hydrogen) atoms. The molecule has 1 aliphatic heterocycles. The molecular weight excluding hydrogens is 262 g/mol. The van der Waals surface area contributed by atoms with E-state index in [1.165, 1.54) is 44.1 Å². The lowest BCUT2D eigenvalue weighted by Crippen LogP contribution is -2.14. The lowest BCUT2D eigenvalue weighted by atomic mass is 10.1. The Morgan fingerprint density at radius 2 is 1.71 bits per heavy atom. The molecule has 0 saturated carbocycles. The molecular formula is C18H29NO2. The maximum atomic E-state index is 5.72. The lowest BCUT2D eigenvalue weighted by Gasteiger charge is -2.10. The number of fused-ring (bicyclic) bond motifs is 1. The molecule has 2 rings (SSSR count). The molecule has 3 heteroatoms. The molecule has 0 atom stereocenters. The topological polar surface area (TPSA) is 30.5 Å². The highest BCUT2D eigenvalue weighted by Gasteiger charge is 2.10. The minimum Gasteiger partial charge on any atom is -0.490 e. The summed E-state index contributed by atoms with van der Waals surface area (Å²) in [5, 5.41) is 3.52. The van der Waals surface area contributed by atoms with Gasteiger partial charge in [0.2, 0.25) is 0 Å². The van der Waals surface area contributed by atoms with Crippen LogP contribution in [0, 0.1) is 0 Å². The monoisotopic (exact) mass is 291 g/mol. The highest BCUT2D eigenvalue weighted by Crippen LogP contribution is 2.30. The zero-order chi connectivity index (χ0) is 14.8. The van der Waals surface area contributed by atoms with Crippen molar-refractivity contribution < 1.29 is 9.47 Å². The van der Waals surface area contributed by atoms with Gasteiger partial charge >= 0.3 is 0 Å². The van der Waals surface area contributed by atoms with Gasteiger partial charge in [-0.3, -0.25) is 0 Å². The van der Waals surface area contributed by atoms with Crippen LogP contribution < -0.4 is 14.8 Å². The van der Waals surface area contributed by atoms with E-state index in [-0.39, 0.29) is 0 Å². The van der Waals surface area contributed by atoms with Crippen molar-refractivity contribution >= 4 is 0 Å². The van der Waals surface area contributed by atoms with Gasteiger partial charge in [-0.2, -0.15) is 0 Å². The molecule has 0 aliphatic carbocycles. The summed E-state index contributed by atoms with van der Waals surface area (Å²) in [5.41, 5.74) is 1.27. The second kappa shape index (κ2) is 9.67. The Morgan fingerprint density at radius 3 is 2.57 bits per heavy atom. The van der Waals surface area contributed by atoms with Crippen molar-refractivity contribution in [3.8, 4) is 11.5 Å². The number of rotatable bonds is 9. The SMILES string of the molecule is CCCCCCCCNCc1ccc2c(c1)OCCCO2. The van der Waals surface area contributed by atoms with Crippen LogP contribution in [-0.4, -0.2) is 19.8 Å². The Morgan fingerprint density at radius 1 is 0.952 bits per heavy atom. The number of benzene rings is 1. The minimum absolute atomic E-state index is 0.752. The summed E-state index contributed by atoms with van der Waals surface area (Å²) in [5.74, 6) is 1.78. The largest absolute Gasteiger partial charge is 0.490 e. The van der Waals surface area contributed by atoms with Crippen molar-refractivity contribution in [3.63, 3.8) is 0 Å². The van der Waals surface area contributed by atoms with Crippen LogP contribution in [0.2, 0.25) is 0 Å². The predicted molar refractivity (Wildman–Crippen MR) is 87.1 cm³/mol. The van der Waals surface area contributed by atoms with E-state index in [1.807, 2.05) is 6.07 Å². The maximum Gasteiger partial charge on any atom is 0.161 e. The molecule has 1 N–H and O–H groups in total. The predicted octanol–water partition coefficient (Wildman–Crippen LogP) is 4.30. The van der Waals surface area contributed by atoms with Crippen LogP contribution >= 0.6 is 0 Å². The summed E-state index contributed by atoms with van der Waals surface area (Å²) >= 11 is 0. The van der Waals surface area contributed by atoms with Gasteiger partial charge in [0, 0.05) is 13.0 Å². The molecule has 0 radical (unpaired) electrons. The summed E-state index contributed by atoms with van der Waals surface area (Å²) in [6, 6.07) is 6.26. The summed E-state index contributed by atoms with van der Waals surface area (Å²) in [6.07, 6.45) is 9.04. The minimum atomic E-state index is 0.752. The third-order valence-corrected chi connectivity index (χ3v) is 3.85. The van der Waals surface area contributed by atoms with Crippen molar-refractivity contribution in [3.05, 3.63) is 23.8 Å². The van der Waals surface area contributed by atoms with E-state index in [1.54, 1.807) is 0 Å². The van der Waals surface area contributed by atoms with E-state index in [2.05, 4.69) is 24.4 Å². The molecule has 0 saturated heterocycles. The van der Waals surface area contributed by atoms with Gasteiger partial charge in [0.05, 0.1) is 13.2 Å². The van der Waals surface area contributed by atoms with Gasteiger partial charge in [0.25, 0.3) is 0 Å². The first kappa shape index (κ1) is 16.2. The third-order valence-electron chi connectivity index (χ3n) is 3.85. The maximum absolute atomic E-state index is 5.72. The summed E-state index contributed by atoms with van der Waals surface area (Å²) in [7, 11) is 0. The first-order valence-electron chi connectivity index (χ1n) is 8.49. The smallest absolute Gasteiger partial charge is 0.161 e. The van der Waals surface area contributed by atoms with Gasteiger partial charge in [-0.1, -0.05) is 45.1 Å². The Kier molecular flexibility index (Phi) is 7.44. The van der Waals surface area contributed by atoms with Crippen LogP contribution in [0.15, 0.2) is 18.2 Å². The molecule has 0 fully saturated rings. The van der Waals surface area contributed by atoms with Crippen molar-refractivity contribution in [1.29, 1.82) is 0 Å². The summed E-state index contributed by atoms with van der Waals surface area (Å²) in [4.78, 5) is 0. The number of hydrogen-bond acceptors (Lipinski definition) is 3. The first-order valence-corrected chi connectivity index (χ1v) is 8.49. The Labute approximate surface area is 129 Å². The van der Waals surface area contributed by atoms with Crippen LogP contribution in [0.4, 0.5) is 0 Å². The van der Waals surface area contributed by atoms with Crippen LogP contribution in [0.25, 0.3) is 0 Å². The molecule has 0 bridgehead atoms. The van der Waals surface area contributed by atoms with Gasteiger partial charge in [-0.25, -0.2) is 0 Å². The number of unbranched alkanes of at least 4 members (excludes halogenated alkanes) is 5. The first-order chi connectivity index (χ1) is 10.4. The van der Waals surface area contributed by atoms with Gasteiger partial charge in [0.15, 0.2) is 11.5 Å². The van der Waals surface area contributed by atoms with Crippen LogP contribution in [0.1, 0.15) is 57.4 Å². The molecule has 0 spiro atoms. The van der Waals surface area contributed by atoms with Crippen molar-refractivity contribution in [1.82, 2.24) is 5.32 Å². The average Bonchev–Trinajstić information content (AvgIpc) is 2.74. The second-order valence-electron chi connectivity index (χ2n) is 5.78. The molecule has 1 aliphatic rings. The van der Waals surface area contributed by atoms with Gasteiger partial charge in [-0.15, -0.1) is 0 Å². The fraction of sp³-hybridized carbons (Fsp3) is 0.667. The van der Waals surface area contributed by atoms with Crippen molar-refractivity contribution in [2.75, 3.05) is 19.8 Å². The molecule has 1 aromatic rings. The second-order valence-corrected chi connectivity index (χ2v) is 5.78. The lowest BCUT2D eigenvalue weighted by molar-refractivity contribution is 0.297. The van der Waals surface area contributed by atoms with Gasteiger partial charge in [-0.05, 0) is 30.7 Å². The van der Waals surface area contributed by atoms with E-state index in [0.717, 1.165) is 44.2 Å². The zero-order valence-corrected chi connectivity index (χ0v) is 13.3. The van der Waals surface area contributed by atoms with E-state index in [9.17, 15) is 0 Å². The van der Waals surface area contributed by atoms with E-state index in [4.69, 9.17) is 9.47 Å². The summed E-state index contributed by atoms with van der Waals surface area (Å²) < 4.78 is 11.4. The Bertz CT molecular complexity index is 406. The zero-order valence-electron chi connectivity index (χ0n) is 13.3. The Balaban J connectivity index is 1.63. The molecule has 0 aromatic heterocycles. The van der Waals surface area contributed by atoms with Crippen LogP contribution in [0.5, 0.6) is 11.5 Å². The average molecular weight is 291 g/mol. The fourth-order valence-electron chi connectivity index (χ4n) is 2.58. The number of nitrogens with one attached hydrogen (secondary N) is 1. The van der Waals surface area contributed by atoms with Crippen LogP contribution in [-0.2, 0) is 6.54 Å². The van der Waals surface area contributed by atoms with E-state index >= 15 is 0 Å². The van der Waals surface area contributed by atoms with Crippen LogP contribution in [0.3, 0.4) is 0 Å². The standard InChI is InChI=1S/C18H29NO2/c1-2-3-4-5-6-7-11-19-15-16-9-10-17-18(14-16)21-13-8-12-20-17/h9-10,14,19H,2-8,11-13,15H2,1H3. The number of hydrogen-bond donors (Lipinski definition) is 1. The highest BCUT2D eigenvalue weighted by molar-refractivity contribution is 5.43. The van der Waals surface area contributed by atoms with E-state index < -0.39 is 0 Å².